The molecule has 0 spiro atoms. The summed E-state index contributed by atoms with van der Waals surface area (Å²) >= 11 is 3.00. The molecule has 0 aliphatic heterocycles. The van der Waals surface area contributed by atoms with Crippen molar-refractivity contribution in [1.29, 1.82) is 0 Å². The Hall–Kier alpha value is -2.71. The summed E-state index contributed by atoms with van der Waals surface area (Å²) in [7, 11) is 3.93. The first kappa shape index (κ1) is 17.7. The van der Waals surface area contributed by atoms with Crippen molar-refractivity contribution < 1.29 is 4.79 Å². The summed E-state index contributed by atoms with van der Waals surface area (Å²) in [5, 5.41) is 3.95. The normalized spacial score (nSPS) is 12.3. The number of thiophene rings is 1. The Morgan fingerprint density at radius 1 is 1.22 bits per heavy atom. The SMILES string of the molecule is CC(NC(=O)c1cc2sc(N(C)C)nc2s1)c1ncc(-c2ccccc2)[nH]1. The molecule has 3 heterocycles. The fraction of sp³-hybridized carbons (Fsp3) is 0.211. The molecule has 4 rings (SSSR count). The van der Waals surface area contributed by atoms with E-state index in [0.717, 1.165) is 31.7 Å². The fourth-order valence-electron chi connectivity index (χ4n) is 2.68. The van der Waals surface area contributed by atoms with Crippen molar-refractivity contribution in [3.8, 4) is 11.3 Å². The summed E-state index contributed by atoms with van der Waals surface area (Å²) in [6, 6.07) is 11.7. The number of hydrogen-bond donors (Lipinski definition) is 2. The lowest BCUT2D eigenvalue weighted by atomic mass is 10.2. The van der Waals surface area contributed by atoms with Gasteiger partial charge in [0.1, 0.15) is 10.7 Å². The van der Waals surface area contributed by atoms with Gasteiger partial charge in [-0.1, -0.05) is 41.7 Å². The Morgan fingerprint density at radius 3 is 2.70 bits per heavy atom. The van der Waals surface area contributed by atoms with E-state index in [1.165, 1.54) is 11.3 Å². The zero-order valence-electron chi connectivity index (χ0n) is 15.2. The Kier molecular flexibility index (Phi) is 4.67. The minimum atomic E-state index is -0.222. The summed E-state index contributed by atoms with van der Waals surface area (Å²) in [5.41, 5.74) is 2.00. The summed E-state index contributed by atoms with van der Waals surface area (Å²) in [5.74, 6) is 0.621. The third-order valence-electron chi connectivity index (χ3n) is 4.12. The topological polar surface area (TPSA) is 73.9 Å². The minimum Gasteiger partial charge on any atom is -0.354 e. The molecule has 27 heavy (non-hydrogen) atoms. The maximum absolute atomic E-state index is 12.6. The van der Waals surface area contributed by atoms with Crippen LogP contribution >= 0.6 is 22.7 Å². The number of aromatic amines is 1. The van der Waals surface area contributed by atoms with Crippen LogP contribution in [0.3, 0.4) is 0 Å². The number of amides is 1. The largest absolute Gasteiger partial charge is 0.354 e. The molecule has 0 aliphatic rings. The molecule has 1 atom stereocenters. The molecule has 0 radical (unpaired) electrons. The first-order valence-electron chi connectivity index (χ1n) is 8.50. The van der Waals surface area contributed by atoms with Crippen molar-refractivity contribution in [2.45, 2.75) is 13.0 Å². The Bertz CT molecular complexity index is 1050. The van der Waals surface area contributed by atoms with Gasteiger partial charge in [0.15, 0.2) is 5.13 Å². The molecule has 8 heteroatoms. The highest BCUT2D eigenvalue weighted by molar-refractivity contribution is 7.29. The van der Waals surface area contributed by atoms with Crippen LogP contribution in [0.25, 0.3) is 20.8 Å². The number of fused-ring (bicyclic) bond motifs is 1. The number of imidazole rings is 1. The maximum Gasteiger partial charge on any atom is 0.262 e. The van der Waals surface area contributed by atoms with Crippen LogP contribution in [0.2, 0.25) is 0 Å². The molecule has 0 saturated heterocycles. The lowest BCUT2D eigenvalue weighted by molar-refractivity contribution is 0.0942. The Morgan fingerprint density at radius 2 is 2.00 bits per heavy atom. The van der Waals surface area contributed by atoms with Crippen LogP contribution in [0.4, 0.5) is 5.13 Å². The first-order chi connectivity index (χ1) is 13.0. The maximum atomic E-state index is 12.6. The highest BCUT2D eigenvalue weighted by atomic mass is 32.1. The van der Waals surface area contributed by atoms with Gasteiger partial charge in [0.2, 0.25) is 0 Å². The van der Waals surface area contributed by atoms with Gasteiger partial charge in [-0.25, -0.2) is 9.97 Å². The summed E-state index contributed by atoms with van der Waals surface area (Å²) < 4.78 is 1.03. The van der Waals surface area contributed by atoms with Crippen molar-refractivity contribution in [2.75, 3.05) is 19.0 Å². The van der Waals surface area contributed by atoms with E-state index in [0.29, 0.717) is 4.88 Å². The van der Waals surface area contributed by atoms with E-state index in [1.54, 1.807) is 17.5 Å². The summed E-state index contributed by atoms with van der Waals surface area (Å²) in [6.45, 7) is 1.92. The van der Waals surface area contributed by atoms with E-state index in [1.807, 2.05) is 62.3 Å². The van der Waals surface area contributed by atoms with Gasteiger partial charge in [0.05, 0.1) is 27.5 Å². The fourth-order valence-corrected chi connectivity index (χ4v) is 4.72. The second-order valence-corrected chi connectivity index (χ2v) is 8.45. The second kappa shape index (κ2) is 7.13. The number of hydrogen-bond acceptors (Lipinski definition) is 6. The number of aromatic nitrogens is 3. The predicted octanol–water partition coefficient (Wildman–Crippen LogP) is 4.30. The average Bonchev–Trinajstić information content (AvgIpc) is 3.36. The van der Waals surface area contributed by atoms with Crippen LogP contribution in [0.1, 0.15) is 28.5 Å². The Labute approximate surface area is 164 Å². The van der Waals surface area contributed by atoms with Crippen LogP contribution in [0.15, 0.2) is 42.6 Å². The van der Waals surface area contributed by atoms with E-state index >= 15 is 0 Å². The molecule has 3 aromatic heterocycles. The first-order valence-corrected chi connectivity index (χ1v) is 10.1. The van der Waals surface area contributed by atoms with E-state index in [9.17, 15) is 4.79 Å². The van der Waals surface area contributed by atoms with Crippen LogP contribution in [-0.2, 0) is 0 Å². The second-order valence-electron chi connectivity index (χ2n) is 6.41. The third kappa shape index (κ3) is 3.58. The molecule has 1 amide bonds. The van der Waals surface area contributed by atoms with Gasteiger partial charge < -0.3 is 15.2 Å². The van der Waals surface area contributed by atoms with Crippen molar-refractivity contribution in [3.63, 3.8) is 0 Å². The number of anilines is 1. The quantitative estimate of drug-likeness (QED) is 0.526. The van der Waals surface area contributed by atoms with E-state index < -0.39 is 0 Å². The van der Waals surface area contributed by atoms with Gasteiger partial charge in [-0.3, -0.25) is 4.79 Å². The molecule has 1 unspecified atom stereocenters. The van der Waals surface area contributed by atoms with Crippen molar-refractivity contribution in [2.24, 2.45) is 0 Å². The van der Waals surface area contributed by atoms with E-state index in [4.69, 9.17) is 0 Å². The number of thiazole rings is 1. The average molecular weight is 398 g/mol. The monoisotopic (exact) mass is 397 g/mol. The number of nitrogens with zero attached hydrogens (tertiary/aromatic N) is 3. The van der Waals surface area contributed by atoms with Gasteiger partial charge in [-0.05, 0) is 18.6 Å². The van der Waals surface area contributed by atoms with E-state index in [-0.39, 0.29) is 11.9 Å². The molecule has 4 aromatic rings. The molecule has 138 valence electrons. The molecular weight excluding hydrogens is 378 g/mol. The highest BCUT2D eigenvalue weighted by Crippen LogP contribution is 2.34. The van der Waals surface area contributed by atoms with Crippen molar-refractivity contribution >= 4 is 43.2 Å². The summed E-state index contributed by atoms with van der Waals surface area (Å²) in [4.78, 5) is 28.4. The van der Waals surface area contributed by atoms with Gasteiger partial charge >= 0.3 is 0 Å². The summed E-state index contributed by atoms with van der Waals surface area (Å²) in [6.07, 6.45) is 1.79. The molecule has 2 N–H and O–H groups in total. The third-order valence-corrected chi connectivity index (χ3v) is 6.45. The number of nitrogens with one attached hydrogen (secondary N) is 2. The number of carbonyl (C=O) groups is 1. The lowest BCUT2D eigenvalue weighted by Crippen LogP contribution is -2.26. The van der Waals surface area contributed by atoms with Gasteiger partial charge in [-0.15, -0.1) is 11.3 Å². The standard InChI is InChI=1S/C19H19N5OS2/c1-11(16-20-10-13(22-16)12-7-5-4-6-8-12)21-17(25)14-9-15-18(26-14)23-19(27-15)24(2)3/h4-11H,1-3H3,(H,20,22)(H,21,25). The van der Waals surface area contributed by atoms with E-state index in [2.05, 4.69) is 20.3 Å². The highest BCUT2D eigenvalue weighted by Gasteiger charge is 2.18. The van der Waals surface area contributed by atoms with Crippen LogP contribution in [0.5, 0.6) is 0 Å². The number of carbonyl (C=O) groups excluding carboxylic acids is 1. The molecule has 0 saturated carbocycles. The smallest absolute Gasteiger partial charge is 0.262 e. The lowest BCUT2D eigenvalue weighted by Gasteiger charge is -2.10. The number of benzene rings is 1. The molecule has 0 aliphatic carbocycles. The zero-order chi connectivity index (χ0) is 19.0. The number of H-pyrrole nitrogens is 1. The molecule has 1 aromatic carbocycles. The number of rotatable bonds is 5. The van der Waals surface area contributed by atoms with Crippen molar-refractivity contribution in [1.82, 2.24) is 20.3 Å². The van der Waals surface area contributed by atoms with Gasteiger partial charge in [0.25, 0.3) is 5.91 Å². The Balaban J connectivity index is 1.48. The molecule has 6 nitrogen and oxygen atoms in total. The predicted molar refractivity (Wildman–Crippen MR) is 112 cm³/mol. The minimum absolute atomic E-state index is 0.109. The molecular formula is C19H19N5OS2. The zero-order valence-corrected chi connectivity index (χ0v) is 16.8. The van der Waals surface area contributed by atoms with Crippen LogP contribution < -0.4 is 10.2 Å². The molecule has 0 bridgehead atoms. The van der Waals surface area contributed by atoms with Gasteiger partial charge in [0, 0.05) is 14.1 Å². The van der Waals surface area contributed by atoms with Gasteiger partial charge in [-0.2, -0.15) is 0 Å². The molecule has 0 fully saturated rings. The van der Waals surface area contributed by atoms with Crippen molar-refractivity contribution in [3.05, 3.63) is 53.3 Å². The van der Waals surface area contributed by atoms with Crippen LogP contribution in [0, 0.1) is 0 Å². The van der Waals surface area contributed by atoms with Crippen LogP contribution in [-0.4, -0.2) is 35.0 Å².